The SMILES string of the molecule is CCC(=O)ON=C1c2ccccc2-c2ccccc21. The van der Waals surface area contributed by atoms with Crippen LogP contribution in [0.4, 0.5) is 0 Å². The number of fused-ring (bicyclic) bond motifs is 3. The fourth-order valence-corrected chi connectivity index (χ4v) is 2.25. The Hall–Kier alpha value is -2.42. The van der Waals surface area contributed by atoms with E-state index in [0.717, 1.165) is 28.0 Å². The summed E-state index contributed by atoms with van der Waals surface area (Å²) in [7, 11) is 0. The van der Waals surface area contributed by atoms with Gasteiger partial charge in [-0.3, -0.25) is 0 Å². The fourth-order valence-electron chi connectivity index (χ4n) is 2.25. The van der Waals surface area contributed by atoms with Gasteiger partial charge in [0.15, 0.2) is 0 Å². The predicted molar refractivity (Wildman–Crippen MR) is 73.9 cm³/mol. The molecular weight excluding hydrogens is 238 g/mol. The van der Waals surface area contributed by atoms with Gasteiger partial charge < -0.3 is 4.84 Å². The first-order valence-electron chi connectivity index (χ1n) is 6.28. The lowest BCUT2D eigenvalue weighted by atomic mass is 10.1. The van der Waals surface area contributed by atoms with E-state index in [4.69, 9.17) is 4.84 Å². The van der Waals surface area contributed by atoms with Crippen molar-refractivity contribution in [3.63, 3.8) is 0 Å². The van der Waals surface area contributed by atoms with E-state index in [1.54, 1.807) is 6.92 Å². The molecule has 0 atom stereocenters. The van der Waals surface area contributed by atoms with Gasteiger partial charge in [-0.25, -0.2) is 4.79 Å². The topological polar surface area (TPSA) is 38.7 Å². The van der Waals surface area contributed by atoms with Gasteiger partial charge >= 0.3 is 5.97 Å². The lowest BCUT2D eigenvalue weighted by Gasteiger charge is -2.00. The van der Waals surface area contributed by atoms with E-state index >= 15 is 0 Å². The van der Waals surface area contributed by atoms with E-state index in [1.807, 2.05) is 36.4 Å². The van der Waals surface area contributed by atoms with Crippen molar-refractivity contribution < 1.29 is 9.63 Å². The van der Waals surface area contributed by atoms with Crippen LogP contribution in [0.1, 0.15) is 24.5 Å². The maximum absolute atomic E-state index is 11.3. The van der Waals surface area contributed by atoms with Crippen LogP contribution in [0.2, 0.25) is 0 Å². The van der Waals surface area contributed by atoms with Crippen LogP contribution in [0.15, 0.2) is 53.7 Å². The van der Waals surface area contributed by atoms with Crippen molar-refractivity contribution >= 4 is 11.7 Å². The molecular formula is C16H13NO2. The summed E-state index contributed by atoms with van der Waals surface area (Å²) in [5, 5.41) is 4.04. The summed E-state index contributed by atoms with van der Waals surface area (Å²) >= 11 is 0. The summed E-state index contributed by atoms with van der Waals surface area (Å²) in [5.74, 6) is -0.325. The number of benzene rings is 2. The quantitative estimate of drug-likeness (QED) is 0.517. The number of nitrogens with zero attached hydrogens (tertiary/aromatic N) is 1. The Bertz CT molecular complexity index is 626. The molecule has 19 heavy (non-hydrogen) atoms. The van der Waals surface area contributed by atoms with Crippen LogP contribution in [-0.2, 0) is 9.63 Å². The monoisotopic (exact) mass is 251 g/mol. The maximum atomic E-state index is 11.3. The molecule has 0 fully saturated rings. The Labute approximate surface area is 111 Å². The van der Waals surface area contributed by atoms with Crippen molar-refractivity contribution in [3.8, 4) is 11.1 Å². The third-order valence-corrected chi connectivity index (χ3v) is 3.18. The Morgan fingerprint density at radius 2 is 1.42 bits per heavy atom. The molecule has 0 aliphatic heterocycles. The zero-order valence-electron chi connectivity index (χ0n) is 10.6. The van der Waals surface area contributed by atoms with Crippen molar-refractivity contribution in [3.05, 3.63) is 59.7 Å². The van der Waals surface area contributed by atoms with Crippen molar-refractivity contribution in [2.24, 2.45) is 5.16 Å². The zero-order chi connectivity index (χ0) is 13.2. The number of hydrogen-bond acceptors (Lipinski definition) is 3. The van der Waals surface area contributed by atoms with Gasteiger partial charge in [0.05, 0.1) is 0 Å². The van der Waals surface area contributed by atoms with Crippen LogP contribution in [0.25, 0.3) is 11.1 Å². The molecule has 0 saturated carbocycles. The molecule has 0 unspecified atom stereocenters. The molecule has 1 aliphatic rings. The fraction of sp³-hybridized carbons (Fsp3) is 0.125. The van der Waals surface area contributed by atoms with E-state index in [0.29, 0.717) is 6.42 Å². The molecule has 0 heterocycles. The average Bonchev–Trinajstić information content (AvgIpc) is 2.79. The van der Waals surface area contributed by atoms with Crippen molar-refractivity contribution in [1.82, 2.24) is 0 Å². The van der Waals surface area contributed by atoms with Gasteiger partial charge in [0.1, 0.15) is 5.71 Å². The highest BCUT2D eigenvalue weighted by atomic mass is 16.7. The normalized spacial score (nSPS) is 11.7. The molecule has 2 aromatic carbocycles. The van der Waals surface area contributed by atoms with E-state index in [9.17, 15) is 4.79 Å². The molecule has 0 amide bonds. The molecule has 2 aromatic rings. The molecule has 0 spiro atoms. The predicted octanol–water partition coefficient (Wildman–Crippen LogP) is 3.37. The van der Waals surface area contributed by atoms with Crippen molar-refractivity contribution in [1.29, 1.82) is 0 Å². The number of rotatable bonds is 2. The second-order valence-corrected chi connectivity index (χ2v) is 4.35. The molecule has 94 valence electrons. The molecule has 0 aromatic heterocycles. The number of hydrogen-bond donors (Lipinski definition) is 0. The molecule has 3 rings (SSSR count). The third-order valence-electron chi connectivity index (χ3n) is 3.18. The Morgan fingerprint density at radius 3 is 1.89 bits per heavy atom. The summed E-state index contributed by atoms with van der Waals surface area (Å²) in [6.45, 7) is 1.75. The van der Waals surface area contributed by atoms with E-state index in [2.05, 4.69) is 17.3 Å². The molecule has 0 radical (unpaired) electrons. The largest absolute Gasteiger partial charge is 0.334 e. The molecule has 3 nitrogen and oxygen atoms in total. The van der Waals surface area contributed by atoms with Crippen LogP contribution >= 0.6 is 0 Å². The molecule has 3 heteroatoms. The van der Waals surface area contributed by atoms with Crippen LogP contribution in [0, 0.1) is 0 Å². The summed E-state index contributed by atoms with van der Waals surface area (Å²) in [5.41, 5.74) is 5.00. The highest BCUT2D eigenvalue weighted by Gasteiger charge is 2.24. The molecule has 0 bridgehead atoms. The Morgan fingerprint density at radius 1 is 0.947 bits per heavy atom. The Balaban J connectivity index is 2.12. The maximum Gasteiger partial charge on any atom is 0.334 e. The molecule has 1 aliphatic carbocycles. The summed E-state index contributed by atoms with van der Waals surface area (Å²) in [6, 6.07) is 16.0. The van der Waals surface area contributed by atoms with Crippen LogP contribution in [0.3, 0.4) is 0 Å². The summed E-state index contributed by atoms with van der Waals surface area (Å²) in [6.07, 6.45) is 0.320. The minimum absolute atomic E-state index is 0.320. The minimum atomic E-state index is -0.325. The first kappa shape index (κ1) is 11.7. The van der Waals surface area contributed by atoms with Crippen LogP contribution in [0.5, 0.6) is 0 Å². The minimum Gasteiger partial charge on any atom is -0.318 e. The van der Waals surface area contributed by atoms with Gasteiger partial charge in [0, 0.05) is 17.5 Å². The van der Waals surface area contributed by atoms with Gasteiger partial charge in [0.2, 0.25) is 0 Å². The second-order valence-electron chi connectivity index (χ2n) is 4.35. The van der Waals surface area contributed by atoms with Crippen molar-refractivity contribution in [2.45, 2.75) is 13.3 Å². The highest BCUT2D eigenvalue weighted by Crippen LogP contribution is 2.36. The number of carbonyl (C=O) groups is 1. The average molecular weight is 251 g/mol. The lowest BCUT2D eigenvalue weighted by Crippen LogP contribution is -2.03. The second kappa shape index (κ2) is 4.69. The van der Waals surface area contributed by atoms with E-state index in [-0.39, 0.29) is 5.97 Å². The summed E-state index contributed by atoms with van der Waals surface area (Å²) < 4.78 is 0. The molecule has 0 saturated heterocycles. The highest BCUT2D eigenvalue weighted by molar-refractivity contribution is 6.24. The third kappa shape index (κ3) is 1.93. The van der Waals surface area contributed by atoms with Crippen LogP contribution in [-0.4, -0.2) is 11.7 Å². The van der Waals surface area contributed by atoms with Gasteiger partial charge in [0.25, 0.3) is 0 Å². The van der Waals surface area contributed by atoms with E-state index in [1.165, 1.54) is 0 Å². The standard InChI is InChI=1S/C16H13NO2/c1-2-15(18)19-17-16-13-9-5-3-7-11(13)12-8-4-6-10-14(12)16/h3-10H,2H2,1H3. The zero-order valence-corrected chi connectivity index (χ0v) is 10.6. The lowest BCUT2D eigenvalue weighted by molar-refractivity contribution is -0.143. The Kier molecular flexibility index (Phi) is 2.88. The first-order chi connectivity index (χ1) is 9.31. The molecule has 0 N–H and O–H groups in total. The van der Waals surface area contributed by atoms with Gasteiger partial charge in [-0.15, -0.1) is 0 Å². The number of carbonyl (C=O) groups excluding carboxylic acids is 1. The van der Waals surface area contributed by atoms with Gasteiger partial charge in [-0.2, -0.15) is 0 Å². The van der Waals surface area contributed by atoms with Crippen LogP contribution < -0.4 is 0 Å². The van der Waals surface area contributed by atoms with E-state index < -0.39 is 0 Å². The first-order valence-corrected chi connectivity index (χ1v) is 6.28. The van der Waals surface area contributed by atoms with Gasteiger partial charge in [-0.05, 0) is 11.1 Å². The smallest absolute Gasteiger partial charge is 0.318 e. The van der Waals surface area contributed by atoms with Crippen molar-refractivity contribution in [2.75, 3.05) is 0 Å². The number of oxime groups is 1. The van der Waals surface area contributed by atoms with Gasteiger partial charge in [-0.1, -0.05) is 60.6 Å². The summed E-state index contributed by atoms with van der Waals surface area (Å²) in [4.78, 5) is 16.2.